The van der Waals surface area contributed by atoms with Crippen molar-refractivity contribution in [1.82, 2.24) is 15.3 Å². The predicted molar refractivity (Wildman–Crippen MR) is 89.2 cm³/mol. The van der Waals surface area contributed by atoms with Gasteiger partial charge in [0.1, 0.15) is 29.0 Å². The molecule has 2 aromatic carbocycles. The summed E-state index contributed by atoms with van der Waals surface area (Å²) < 4.78 is 39.3. The van der Waals surface area contributed by atoms with E-state index in [9.17, 15) is 18.0 Å². The number of anilines is 2. The average Bonchev–Trinajstić information content (AvgIpc) is 2.64. The summed E-state index contributed by atoms with van der Waals surface area (Å²) in [4.78, 5) is 20.0. The molecule has 0 aliphatic carbocycles. The minimum Gasteiger partial charge on any atom is -0.347 e. The number of halogens is 3. The van der Waals surface area contributed by atoms with Crippen LogP contribution in [0.4, 0.5) is 24.7 Å². The molecule has 0 atom stereocenters. The fourth-order valence-corrected chi connectivity index (χ4v) is 2.11. The summed E-state index contributed by atoms with van der Waals surface area (Å²) in [6.07, 6.45) is 2.49. The molecule has 1 heterocycles. The topological polar surface area (TPSA) is 66.9 Å². The van der Waals surface area contributed by atoms with Gasteiger partial charge in [0.2, 0.25) is 0 Å². The van der Waals surface area contributed by atoms with Gasteiger partial charge in [-0.05, 0) is 29.8 Å². The molecule has 2 N–H and O–H groups in total. The minimum atomic E-state index is -0.770. The van der Waals surface area contributed by atoms with Crippen LogP contribution in [0.1, 0.15) is 16.1 Å². The lowest BCUT2D eigenvalue weighted by Gasteiger charge is -2.08. The molecule has 5 nitrogen and oxygen atoms in total. The van der Waals surface area contributed by atoms with Crippen LogP contribution in [0.25, 0.3) is 0 Å². The van der Waals surface area contributed by atoms with Crippen LogP contribution in [0.2, 0.25) is 0 Å². The zero-order chi connectivity index (χ0) is 18.5. The van der Waals surface area contributed by atoms with E-state index < -0.39 is 17.5 Å². The van der Waals surface area contributed by atoms with Gasteiger partial charge in [0.25, 0.3) is 5.91 Å². The molecule has 0 radical (unpaired) electrons. The molecule has 132 valence electrons. The van der Waals surface area contributed by atoms with Gasteiger partial charge in [-0.3, -0.25) is 4.79 Å². The lowest BCUT2D eigenvalue weighted by Crippen LogP contribution is -2.24. The van der Waals surface area contributed by atoms with E-state index in [1.54, 1.807) is 12.1 Å². The maximum atomic E-state index is 13.6. The molecule has 0 unspecified atom stereocenters. The molecule has 3 rings (SSSR count). The summed E-state index contributed by atoms with van der Waals surface area (Å²) in [7, 11) is 0. The molecule has 0 aliphatic rings. The van der Waals surface area contributed by atoms with Gasteiger partial charge >= 0.3 is 0 Å². The fraction of sp³-hybridized carbons (Fsp3) is 0.0556. The first-order valence-electron chi connectivity index (χ1n) is 7.58. The molecular weight excluding hydrogens is 345 g/mol. The van der Waals surface area contributed by atoms with Crippen molar-refractivity contribution in [3.05, 3.63) is 83.6 Å². The van der Waals surface area contributed by atoms with Crippen molar-refractivity contribution >= 4 is 17.4 Å². The molecule has 26 heavy (non-hydrogen) atoms. The number of hydrogen-bond acceptors (Lipinski definition) is 4. The second kappa shape index (κ2) is 7.64. The van der Waals surface area contributed by atoms with E-state index in [1.165, 1.54) is 30.6 Å². The van der Waals surface area contributed by atoms with Gasteiger partial charge in [0, 0.05) is 12.6 Å². The van der Waals surface area contributed by atoms with E-state index in [1.807, 2.05) is 0 Å². The number of hydrogen-bond donors (Lipinski definition) is 2. The Morgan fingerprint density at radius 1 is 0.923 bits per heavy atom. The SMILES string of the molecule is O=C(NCc1ccc(F)cc1)c1cnc(Nc2ccc(F)cc2F)cn1. The molecule has 0 spiro atoms. The smallest absolute Gasteiger partial charge is 0.271 e. The van der Waals surface area contributed by atoms with Crippen molar-refractivity contribution in [3.63, 3.8) is 0 Å². The van der Waals surface area contributed by atoms with Crippen LogP contribution < -0.4 is 10.6 Å². The zero-order valence-corrected chi connectivity index (χ0v) is 13.3. The molecule has 8 heteroatoms. The second-order valence-electron chi connectivity index (χ2n) is 5.35. The quantitative estimate of drug-likeness (QED) is 0.732. The van der Waals surface area contributed by atoms with Crippen molar-refractivity contribution in [2.45, 2.75) is 6.54 Å². The van der Waals surface area contributed by atoms with Crippen molar-refractivity contribution in [1.29, 1.82) is 0 Å². The Morgan fingerprint density at radius 3 is 2.31 bits per heavy atom. The number of carbonyl (C=O) groups excluding carboxylic acids is 1. The number of aromatic nitrogens is 2. The highest BCUT2D eigenvalue weighted by Crippen LogP contribution is 2.18. The van der Waals surface area contributed by atoms with Crippen LogP contribution >= 0.6 is 0 Å². The first-order valence-corrected chi connectivity index (χ1v) is 7.58. The number of rotatable bonds is 5. The van der Waals surface area contributed by atoms with E-state index >= 15 is 0 Å². The number of nitrogens with zero attached hydrogens (tertiary/aromatic N) is 2. The van der Waals surface area contributed by atoms with Gasteiger partial charge in [0.05, 0.1) is 18.1 Å². The highest BCUT2D eigenvalue weighted by atomic mass is 19.1. The van der Waals surface area contributed by atoms with Crippen molar-refractivity contribution < 1.29 is 18.0 Å². The third kappa shape index (κ3) is 4.35. The first-order chi connectivity index (χ1) is 12.5. The Kier molecular flexibility index (Phi) is 5.12. The number of amides is 1. The summed E-state index contributed by atoms with van der Waals surface area (Å²) in [5.41, 5.74) is 0.837. The van der Waals surface area contributed by atoms with Crippen LogP contribution in [0, 0.1) is 17.5 Å². The predicted octanol–water partition coefficient (Wildman–Crippen LogP) is 3.57. The van der Waals surface area contributed by atoms with Crippen LogP contribution in [0.15, 0.2) is 54.9 Å². The number of benzene rings is 2. The number of nitrogens with one attached hydrogen (secondary N) is 2. The fourth-order valence-electron chi connectivity index (χ4n) is 2.11. The monoisotopic (exact) mass is 358 g/mol. The van der Waals surface area contributed by atoms with E-state index in [-0.39, 0.29) is 29.6 Å². The molecule has 1 amide bonds. The van der Waals surface area contributed by atoms with Gasteiger partial charge in [-0.15, -0.1) is 0 Å². The molecule has 0 fully saturated rings. The third-order valence-corrected chi connectivity index (χ3v) is 3.44. The summed E-state index contributed by atoms with van der Waals surface area (Å²) in [6, 6.07) is 8.81. The molecule has 0 saturated carbocycles. The van der Waals surface area contributed by atoms with Crippen LogP contribution in [0.3, 0.4) is 0 Å². The van der Waals surface area contributed by atoms with E-state index in [0.717, 1.165) is 17.7 Å². The minimum absolute atomic E-state index is 0.0363. The Morgan fingerprint density at radius 2 is 1.65 bits per heavy atom. The molecule has 3 aromatic rings. The molecule has 0 saturated heterocycles. The zero-order valence-electron chi connectivity index (χ0n) is 13.3. The van der Waals surface area contributed by atoms with Crippen LogP contribution in [-0.2, 0) is 6.54 Å². The molecular formula is C18H13F3N4O. The Labute approximate surface area is 146 Å². The van der Waals surface area contributed by atoms with Crippen molar-refractivity contribution in [2.75, 3.05) is 5.32 Å². The lowest BCUT2D eigenvalue weighted by molar-refractivity contribution is 0.0945. The Hall–Kier alpha value is -3.42. The summed E-state index contributed by atoms with van der Waals surface area (Å²) >= 11 is 0. The normalized spacial score (nSPS) is 10.4. The van der Waals surface area contributed by atoms with E-state index in [2.05, 4.69) is 20.6 Å². The molecule has 0 bridgehead atoms. The van der Waals surface area contributed by atoms with E-state index in [4.69, 9.17) is 0 Å². The van der Waals surface area contributed by atoms with Crippen LogP contribution in [-0.4, -0.2) is 15.9 Å². The van der Waals surface area contributed by atoms with Gasteiger partial charge in [-0.2, -0.15) is 0 Å². The molecule has 1 aromatic heterocycles. The van der Waals surface area contributed by atoms with Gasteiger partial charge < -0.3 is 10.6 Å². The van der Waals surface area contributed by atoms with Crippen molar-refractivity contribution in [2.24, 2.45) is 0 Å². The standard InChI is InChI=1S/C18H13F3N4O/c19-12-3-1-11(2-4-12)8-24-18(26)16-9-23-17(10-22-16)25-15-6-5-13(20)7-14(15)21/h1-7,9-10H,8H2,(H,23,25)(H,24,26). The van der Waals surface area contributed by atoms with Gasteiger partial charge in [0.15, 0.2) is 0 Å². The highest BCUT2D eigenvalue weighted by Gasteiger charge is 2.09. The largest absolute Gasteiger partial charge is 0.347 e. The maximum Gasteiger partial charge on any atom is 0.271 e. The second-order valence-corrected chi connectivity index (χ2v) is 5.35. The average molecular weight is 358 g/mol. The first kappa shape index (κ1) is 17.4. The third-order valence-electron chi connectivity index (χ3n) is 3.44. The Bertz CT molecular complexity index is 915. The summed E-state index contributed by atoms with van der Waals surface area (Å²) in [5, 5.41) is 5.28. The lowest BCUT2D eigenvalue weighted by atomic mass is 10.2. The Balaban J connectivity index is 1.61. The van der Waals surface area contributed by atoms with Gasteiger partial charge in [-0.1, -0.05) is 12.1 Å². The summed E-state index contributed by atoms with van der Waals surface area (Å²) in [6.45, 7) is 0.210. The maximum absolute atomic E-state index is 13.6. The van der Waals surface area contributed by atoms with Crippen LogP contribution in [0.5, 0.6) is 0 Å². The van der Waals surface area contributed by atoms with Gasteiger partial charge in [-0.25, -0.2) is 23.1 Å². The summed E-state index contributed by atoms with van der Waals surface area (Å²) in [5.74, 6) is -2.07. The molecule has 0 aliphatic heterocycles. The number of carbonyl (C=O) groups is 1. The van der Waals surface area contributed by atoms with Crippen molar-refractivity contribution in [3.8, 4) is 0 Å². The van der Waals surface area contributed by atoms with E-state index in [0.29, 0.717) is 0 Å². The highest BCUT2D eigenvalue weighted by molar-refractivity contribution is 5.92.